The summed E-state index contributed by atoms with van der Waals surface area (Å²) in [4.78, 5) is 26.5. The van der Waals surface area contributed by atoms with E-state index in [0.717, 1.165) is 9.99 Å². The van der Waals surface area contributed by atoms with Crippen molar-refractivity contribution in [1.82, 2.24) is 4.90 Å². The molecule has 0 N–H and O–H groups in total. The lowest BCUT2D eigenvalue weighted by Crippen LogP contribution is -2.51. The number of hydrogen-bond donors (Lipinski definition) is 0. The smallest absolute Gasteiger partial charge is 0.331 e. The van der Waals surface area contributed by atoms with Crippen molar-refractivity contribution >= 4 is 34.5 Å². The summed E-state index contributed by atoms with van der Waals surface area (Å²) in [5, 5.41) is 0. The Kier molecular flexibility index (Phi) is 4.67. The molecule has 1 fully saturated rings. The Hall–Kier alpha value is -1.11. The molecule has 1 aliphatic heterocycles. The number of ether oxygens (including phenoxy) is 1. The van der Waals surface area contributed by atoms with E-state index in [0.29, 0.717) is 25.1 Å². The number of carbonyl (C=O) groups is 2. The van der Waals surface area contributed by atoms with Crippen molar-refractivity contribution < 1.29 is 14.3 Å². The second-order valence-corrected chi connectivity index (χ2v) is 6.31. The van der Waals surface area contributed by atoms with Gasteiger partial charge in [-0.1, -0.05) is 6.07 Å². The number of nitrogens with zero attached hydrogens (tertiary/aromatic N) is 1. The molecular formula is C15H18INO3. The van der Waals surface area contributed by atoms with Crippen LogP contribution >= 0.6 is 22.6 Å². The molecule has 0 bridgehead atoms. The molecule has 4 nitrogen and oxygen atoms in total. The van der Waals surface area contributed by atoms with Crippen molar-refractivity contribution in [2.24, 2.45) is 0 Å². The third-order valence-electron chi connectivity index (χ3n) is 3.67. The van der Waals surface area contributed by atoms with Crippen LogP contribution in [-0.4, -0.2) is 35.5 Å². The minimum Gasteiger partial charge on any atom is -0.464 e. The van der Waals surface area contributed by atoms with E-state index in [-0.39, 0.29) is 11.9 Å². The van der Waals surface area contributed by atoms with Crippen LogP contribution in [0.5, 0.6) is 0 Å². The minimum atomic E-state index is -0.839. The van der Waals surface area contributed by atoms with Gasteiger partial charge < -0.3 is 9.64 Å². The normalized spacial score (nSPS) is 21.9. The molecule has 1 aliphatic rings. The predicted molar refractivity (Wildman–Crippen MR) is 84.5 cm³/mol. The summed E-state index contributed by atoms with van der Waals surface area (Å²) in [5.74, 6) is -0.409. The molecule has 108 valence electrons. The molecule has 1 aromatic rings. The number of likely N-dealkylation sites (tertiary alicyclic amines) is 1. The average Bonchev–Trinajstić information content (AvgIpc) is 2.81. The van der Waals surface area contributed by atoms with E-state index in [1.54, 1.807) is 24.8 Å². The molecule has 0 unspecified atom stereocenters. The van der Waals surface area contributed by atoms with Gasteiger partial charge in [0.25, 0.3) is 5.91 Å². The van der Waals surface area contributed by atoms with Gasteiger partial charge >= 0.3 is 5.97 Å². The van der Waals surface area contributed by atoms with Crippen molar-refractivity contribution in [3.8, 4) is 0 Å². The number of hydrogen-bond acceptors (Lipinski definition) is 3. The molecule has 0 saturated carbocycles. The largest absolute Gasteiger partial charge is 0.464 e. The summed E-state index contributed by atoms with van der Waals surface area (Å²) in [6.45, 7) is 4.50. The highest BCUT2D eigenvalue weighted by atomic mass is 127. The lowest BCUT2D eigenvalue weighted by molar-refractivity contribution is -0.153. The fourth-order valence-corrected chi connectivity index (χ4v) is 3.11. The van der Waals surface area contributed by atoms with Crippen LogP contribution in [0.4, 0.5) is 0 Å². The predicted octanol–water partition coefficient (Wildman–Crippen LogP) is 2.85. The first-order chi connectivity index (χ1) is 9.49. The molecule has 0 spiro atoms. The number of halogens is 1. The van der Waals surface area contributed by atoms with E-state index in [2.05, 4.69) is 22.6 Å². The van der Waals surface area contributed by atoms with Gasteiger partial charge in [-0.15, -0.1) is 0 Å². The van der Waals surface area contributed by atoms with Gasteiger partial charge in [0.1, 0.15) is 5.54 Å². The Labute approximate surface area is 132 Å². The molecule has 1 aromatic carbocycles. The maximum absolute atomic E-state index is 12.6. The van der Waals surface area contributed by atoms with E-state index in [1.807, 2.05) is 18.2 Å². The Bertz CT molecular complexity index is 532. The van der Waals surface area contributed by atoms with Crippen LogP contribution in [0.1, 0.15) is 37.0 Å². The lowest BCUT2D eigenvalue weighted by atomic mass is 9.98. The van der Waals surface area contributed by atoms with Crippen LogP contribution in [0, 0.1) is 3.57 Å². The zero-order chi connectivity index (χ0) is 14.8. The van der Waals surface area contributed by atoms with Gasteiger partial charge in [-0.25, -0.2) is 4.79 Å². The monoisotopic (exact) mass is 387 g/mol. The summed E-state index contributed by atoms with van der Waals surface area (Å²) in [6, 6.07) is 7.42. The van der Waals surface area contributed by atoms with E-state index in [4.69, 9.17) is 4.74 Å². The Morgan fingerprint density at radius 2 is 2.20 bits per heavy atom. The summed E-state index contributed by atoms with van der Waals surface area (Å²) < 4.78 is 6.14. The summed E-state index contributed by atoms with van der Waals surface area (Å²) in [7, 11) is 0. The Morgan fingerprint density at radius 3 is 2.85 bits per heavy atom. The van der Waals surface area contributed by atoms with Crippen LogP contribution in [0.3, 0.4) is 0 Å². The lowest BCUT2D eigenvalue weighted by Gasteiger charge is -2.33. The fourth-order valence-electron chi connectivity index (χ4n) is 2.56. The van der Waals surface area contributed by atoms with Gasteiger partial charge in [-0.3, -0.25) is 4.79 Å². The molecule has 1 atom stereocenters. The van der Waals surface area contributed by atoms with Gasteiger partial charge in [0.05, 0.1) is 6.61 Å². The van der Waals surface area contributed by atoms with Crippen molar-refractivity contribution in [1.29, 1.82) is 0 Å². The van der Waals surface area contributed by atoms with Crippen molar-refractivity contribution in [2.45, 2.75) is 32.2 Å². The first-order valence-electron chi connectivity index (χ1n) is 6.74. The van der Waals surface area contributed by atoms with E-state index >= 15 is 0 Å². The van der Waals surface area contributed by atoms with Crippen LogP contribution in [0.25, 0.3) is 0 Å². The second-order valence-electron chi connectivity index (χ2n) is 5.07. The molecular weight excluding hydrogens is 369 g/mol. The maximum Gasteiger partial charge on any atom is 0.331 e. The standard InChI is InChI=1S/C15H18INO3/c1-3-20-14(19)15(2)8-5-9-17(15)13(18)11-6-4-7-12(16)10-11/h4,6-7,10H,3,5,8-9H2,1-2H3/t15-/m0/s1. The van der Waals surface area contributed by atoms with E-state index < -0.39 is 5.54 Å². The number of rotatable bonds is 3. The summed E-state index contributed by atoms with van der Waals surface area (Å²) in [5.41, 5.74) is -0.219. The van der Waals surface area contributed by atoms with Crippen molar-refractivity contribution in [3.05, 3.63) is 33.4 Å². The molecule has 20 heavy (non-hydrogen) atoms. The zero-order valence-corrected chi connectivity index (χ0v) is 13.8. The van der Waals surface area contributed by atoms with Crippen LogP contribution in [-0.2, 0) is 9.53 Å². The second kappa shape index (κ2) is 6.11. The number of esters is 1. The Morgan fingerprint density at radius 1 is 1.45 bits per heavy atom. The number of benzene rings is 1. The molecule has 2 rings (SSSR count). The van der Waals surface area contributed by atoms with Gasteiger partial charge in [0.2, 0.25) is 0 Å². The van der Waals surface area contributed by atoms with Gasteiger partial charge in [0.15, 0.2) is 0 Å². The molecule has 1 heterocycles. The van der Waals surface area contributed by atoms with Gasteiger partial charge in [-0.2, -0.15) is 0 Å². The molecule has 1 amide bonds. The molecule has 0 radical (unpaired) electrons. The third kappa shape index (κ3) is 2.82. The van der Waals surface area contributed by atoms with E-state index in [1.165, 1.54) is 0 Å². The zero-order valence-electron chi connectivity index (χ0n) is 11.7. The number of amides is 1. The minimum absolute atomic E-state index is 0.100. The average molecular weight is 387 g/mol. The molecule has 5 heteroatoms. The highest BCUT2D eigenvalue weighted by molar-refractivity contribution is 14.1. The molecule has 0 aromatic heterocycles. The van der Waals surface area contributed by atoms with Gasteiger partial charge in [0, 0.05) is 15.7 Å². The molecule has 0 aliphatic carbocycles. The summed E-state index contributed by atoms with van der Waals surface area (Å²) >= 11 is 2.18. The quantitative estimate of drug-likeness (QED) is 0.592. The summed E-state index contributed by atoms with van der Waals surface area (Å²) in [6.07, 6.45) is 1.48. The van der Waals surface area contributed by atoms with Crippen LogP contribution < -0.4 is 0 Å². The van der Waals surface area contributed by atoms with Crippen molar-refractivity contribution in [3.63, 3.8) is 0 Å². The first-order valence-corrected chi connectivity index (χ1v) is 7.81. The fraction of sp³-hybridized carbons (Fsp3) is 0.467. The van der Waals surface area contributed by atoms with Crippen LogP contribution in [0.15, 0.2) is 24.3 Å². The maximum atomic E-state index is 12.6. The highest BCUT2D eigenvalue weighted by Gasteiger charge is 2.47. The van der Waals surface area contributed by atoms with E-state index in [9.17, 15) is 9.59 Å². The highest BCUT2D eigenvalue weighted by Crippen LogP contribution is 2.32. The first kappa shape index (κ1) is 15.3. The SMILES string of the molecule is CCOC(=O)[C@]1(C)CCCN1C(=O)c1cccc(I)c1. The topological polar surface area (TPSA) is 46.6 Å². The van der Waals surface area contributed by atoms with Crippen molar-refractivity contribution in [2.75, 3.05) is 13.2 Å². The third-order valence-corrected chi connectivity index (χ3v) is 4.34. The Balaban J connectivity index is 2.26. The molecule has 1 saturated heterocycles. The number of carbonyl (C=O) groups excluding carboxylic acids is 2. The van der Waals surface area contributed by atoms with Gasteiger partial charge in [-0.05, 0) is 67.5 Å². The van der Waals surface area contributed by atoms with Crippen LogP contribution in [0.2, 0.25) is 0 Å².